The first-order valence-electron chi connectivity index (χ1n) is 6.83. The summed E-state index contributed by atoms with van der Waals surface area (Å²) in [5, 5.41) is 1.20. The first kappa shape index (κ1) is 11.7. The summed E-state index contributed by atoms with van der Waals surface area (Å²) < 4.78 is 11.4. The summed E-state index contributed by atoms with van der Waals surface area (Å²) in [7, 11) is 0. The molecule has 1 aliphatic rings. The fourth-order valence-electron chi connectivity index (χ4n) is 2.78. The number of hydrogen-bond acceptors (Lipinski definition) is 2. The van der Waals surface area contributed by atoms with Crippen molar-refractivity contribution in [3.8, 4) is 11.1 Å². The van der Waals surface area contributed by atoms with Crippen molar-refractivity contribution in [2.24, 2.45) is 0 Å². The number of rotatable bonds is 2. The molecule has 1 aliphatic heterocycles. The average molecular weight is 265 g/mol. The minimum absolute atomic E-state index is 0.294. The Morgan fingerprint density at radius 1 is 0.850 bits per heavy atom. The van der Waals surface area contributed by atoms with Gasteiger partial charge in [0.25, 0.3) is 0 Å². The number of H-pyrrole nitrogens is 1. The first-order valence-corrected chi connectivity index (χ1v) is 6.83. The molecule has 0 unspecified atom stereocenters. The molecule has 1 saturated heterocycles. The molecule has 0 saturated carbocycles. The summed E-state index contributed by atoms with van der Waals surface area (Å²) >= 11 is 0. The van der Waals surface area contributed by atoms with Crippen LogP contribution >= 0.6 is 0 Å². The van der Waals surface area contributed by atoms with Gasteiger partial charge in [0, 0.05) is 16.5 Å². The maximum absolute atomic E-state index is 5.68. The normalized spacial score (nSPS) is 16.0. The molecule has 1 aromatic heterocycles. The number of ether oxygens (including phenoxy) is 2. The molecule has 1 N–H and O–H groups in total. The SMILES string of the molecule is c1ccc(-c2c(C3OCCO3)[nH]c3ccccc23)cc1. The number of fused-ring (bicyclic) bond motifs is 1. The van der Waals surface area contributed by atoms with Crippen molar-refractivity contribution in [2.45, 2.75) is 6.29 Å². The summed E-state index contributed by atoms with van der Waals surface area (Å²) in [4.78, 5) is 3.45. The van der Waals surface area contributed by atoms with Gasteiger partial charge in [0.15, 0.2) is 6.29 Å². The van der Waals surface area contributed by atoms with E-state index in [9.17, 15) is 0 Å². The molecule has 2 heterocycles. The molecule has 0 bridgehead atoms. The van der Waals surface area contributed by atoms with Gasteiger partial charge in [-0.2, -0.15) is 0 Å². The molecular formula is C17H15NO2. The van der Waals surface area contributed by atoms with E-state index in [2.05, 4.69) is 47.4 Å². The zero-order valence-electron chi connectivity index (χ0n) is 11.0. The smallest absolute Gasteiger partial charge is 0.199 e. The molecule has 0 amide bonds. The van der Waals surface area contributed by atoms with Gasteiger partial charge in [-0.1, -0.05) is 48.5 Å². The molecule has 0 spiro atoms. The Morgan fingerprint density at radius 2 is 1.55 bits per heavy atom. The van der Waals surface area contributed by atoms with Gasteiger partial charge in [-0.05, 0) is 11.6 Å². The standard InChI is InChI=1S/C17H15NO2/c1-2-6-12(7-3-1)15-13-8-4-5-9-14(13)18-16(15)17-19-10-11-20-17/h1-9,17-18H,10-11H2. The van der Waals surface area contributed by atoms with E-state index >= 15 is 0 Å². The van der Waals surface area contributed by atoms with Crippen molar-refractivity contribution in [1.82, 2.24) is 4.98 Å². The molecular weight excluding hydrogens is 250 g/mol. The minimum Gasteiger partial charge on any atom is -0.354 e. The van der Waals surface area contributed by atoms with E-state index in [-0.39, 0.29) is 6.29 Å². The highest BCUT2D eigenvalue weighted by Crippen LogP contribution is 2.38. The van der Waals surface area contributed by atoms with E-state index in [1.165, 1.54) is 16.5 Å². The van der Waals surface area contributed by atoms with Crippen LogP contribution in [0.25, 0.3) is 22.0 Å². The third-order valence-corrected chi connectivity index (χ3v) is 3.66. The van der Waals surface area contributed by atoms with Crippen molar-refractivity contribution in [3.05, 3.63) is 60.3 Å². The number of nitrogens with one attached hydrogen (secondary N) is 1. The van der Waals surface area contributed by atoms with Crippen molar-refractivity contribution < 1.29 is 9.47 Å². The van der Waals surface area contributed by atoms with E-state index in [1.807, 2.05) is 12.1 Å². The maximum Gasteiger partial charge on any atom is 0.199 e. The Hall–Kier alpha value is -2.10. The van der Waals surface area contributed by atoms with Crippen LogP contribution in [0.5, 0.6) is 0 Å². The highest BCUT2D eigenvalue weighted by Gasteiger charge is 2.25. The summed E-state index contributed by atoms with van der Waals surface area (Å²) in [6.07, 6.45) is -0.294. The molecule has 4 rings (SSSR count). The van der Waals surface area contributed by atoms with E-state index < -0.39 is 0 Å². The van der Waals surface area contributed by atoms with Gasteiger partial charge in [-0.15, -0.1) is 0 Å². The van der Waals surface area contributed by atoms with Crippen LogP contribution in [0, 0.1) is 0 Å². The Bertz CT molecular complexity index is 727. The highest BCUT2D eigenvalue weighted by atomic mass is 16.7. The molecule has 1 fully saturated rings. The lowest BCUT2D eigenvalue weighted by atomic mass is 10.0. The van der Waals surface area contributed by atoms with Gasteiger partial charge in [0.05, 0.1) is 18.9 Å². The van der Waals surface area contributed by atoms with Gasteiger partial charge in [-0.3, -0.25) is 0 Å². The zero-order chi connectivity index (χ0) is 13.4. The van der Waals surface area contributed by atoms with Gasteiger partial charge < -0.3 is 14.5 Å². The number of para-hydroxylation sites is 1. The highest BCUT2D eigenvalue weighted by molar-refractivity contribution is 5.97. The molecule has 3 nitrogen and oxygen atoms in total. The van der Waals surface area contributed by atoms with Crippen LogP contribution in [-0.4, -0.2) is 18.2 Å². The van der Waals surface area contributed by atoms with E-state index in [1.54, 1.807) is 0 Å². The molecule has 2 aromatic carbocycles. The van der Waals surface area contributed by atoms with Crippen LogP contribution in [0.2, 0.25) is 0 Å². The number of benzene rings is 2. The van der Waals surface area contributed by atoms with Crippen LogP contribution in [0.4, 0.5) is 0 Å². The predicted octanol–water partition coefficient (Wildman–Crippen LogP) is 3.88. The van der Waals surface area contributed by atoms with E-state index in [0.29, 0.717) is 13.2 Å². The third kappa shape index (κ3) is 1.83. The predicted molar refractivity (Wildman–Crippen MR) is 78.4 cm³/mol. The molecule has 0 radical (unpaired) electrons. The molecule has 3 heteroatoms. The van der Waals surface area contributed by atoms with Crippen LogP contribution in [0.1, 0.15) is 12.0 Å². The monoisotopic (exact) mass is 265 g/mol. The zero-order valence-corrected chi connectivity index (χ0v) is 11.0. The van der Waals surface area contributed by atoms with Crippen LogP contribution in [-0.2, 0) is 9.47 Å². The Morgan fingerprint density at radius 3 is 2.35 bits per heavy atom. The molecule has 20 heavy (non-hydrogen) atoms. The van der Waals surface area contributed by atoms with E-state index in [4.69, 9.17) is 9.47 Å². The van der Waals surface area contributed by atoms with Crippen LogP contribution in [0.15, 0.2) is 54.6 Å². The Kier molecular flexibility index (Phi) is 2.80. The Balaban J connectivity index is 1.98. The lowest BCUT2D eigenvalue weighted by molar-refractivity contribution is -0.0463. The van der Waals surface area contributed by atoms with Crippen molar-refractivity contribution in [2.75, 3.05) is 13.2 Å². The Labute approximate surface area is 117 Å². The lowest BCUT2D eigenvalue weighted by Gasteiger charge is -2.10. The lowest BCUT2D eigenvalue weighted by Crippen LogP contribution is -2.00. The topological polar surface area (TPSA) is 34.2 Å². The number of aromatic nitrogens is 1. The fraction of sp³-hybridized carbons (Fsp3) is 0.176. The second-order valence-electron chi connectivity index (χ2n) is 4.90. The summed E-state index contributed by atoms with van der Waals surface area (Å²) in [6.45, 7) is 1.29. The van der Waals surface area contributed by atoms with Gasteiger partial charge in [0.1, 0.15) is 0 Å². The molecule has 3 aromatic rings. The van der Waals surface area contributed by atoms with Gasteiger partial charge in [-0.25, -0.2) is 0 Å². The summed E-state index contributed by atoms with van der Waals surface area (Å²) in [6, 6.07) is 18.7. The van der Waals surface area contributed by atoms with Crippen LogP contribution < -0.4 is 0 Å². The minimum atomic E-state index is -0.294. The maximum atomic E-state index is 5.68. The van der Waals surface area contributed by atoms with E-state index in [0.717, 1.165) is 11.2 Å². The van der Waals surface area contributed by atoms with Crippen molar-refractivity contribution >= 4 is 10.9 Å². The summed E-state index contributed by atoms with van der Waals surface area (Å²) in [5.41, 5.74) is 4.47. The number of aromatic amines is 1. The number of hydrogen-bond donors (Lipinski definition) is 1. The molecule has 0 aliphatic carbocycles. The fourth-order valence-corrected chi connectivity index (χ4v) is 2.78. The summed E-state index contributed by atoms with van der Waals surface area (Å²) in [5.74, 6) is 0. The largest absolute Gasteiger partial charge is 0.354 e. The first-order chi connectivity index (χ1) is 9.93. The quantitative estimate of drug-likeness (QED) is 0.763. The van der Waals surface area contributed by atoms with Crippen molar-refractivity contribution in [1.29, 1.82) is 0 Å². The van der Waals surface area contributed by atoms with Crippen molar-refractivity contribution in [3.63, 3.8) is 0 Å². The second-order valence-corrected chi connectivity index (χ2v) is 4.90. The molecule has 0 atom stereocenters. The third-order valence-electron chi connectivity index (χ3n) is 3.66. The molecule has 100 valence electrons. The van der Waals surface area contributed by atoms with Gasteiger partial charge >= 0.3 is 0 Å². The van der Waals surface area contributed by atoms with Crippen LogP contribution in [0.3, 0.4) is 0 Å². The average Bonchev–Trinajstić information content (AvgIpc) is 3.15. The second kappa shape index (κ2) is 4.78. The van der Waals surface area contributed by atoms with Gasteiger partial charge in [0.2, 0.25) is 0 Å².